The Morgan fingerprint density at radius 3 is 2.50 bits per heavy atom. The van der Waals surface area contributed by atoms with Crippen LogP contribution in [0.5, 0.6) is 0 Å². The highest BCUT2D eigenvalue weighted by molar-refractivity contribution is 7.11. The van der Waals surface area contributed by atoms with Crippen molar-refractivity contribution in [2.75, 3.05) is 19.6 Å². The Morgan fingerprint density at radius 2 is 1.92 bits per heavy atom. The van der Waals surface area contributed by atoms with Crippen molar-refractivity contribution in [3.8, 4) is 0 Å². The van der Waals surface area contributed by atoms with Gasteiger partial charge in [0.2, 0.25) is 0 Å². The van der Waals surface area contributed by atoms with Gasteiger partial charge in [0, 0.05) is 17.6 Å². The first kappa shape index (κ1) is 18.4. The van der Waals surface area contributed by atoms with Crippen LogP contribution in [0, 0.1) is 6.92 Å². The average molecular weight is 347 g/mol. The van der Waals surface area contributed by atoms with E-state index in [2.05, 4.69) is 46.5 Å². The lowest BCUT2D eigenvalue weighted by molar-refractivity contribution is 0.206. The van der Waals surface area contributed by atoms with E-state index >= 15 is 0 Å². The third-order valence-electron chi connectivity index (χ3n) is 3.99. The third kappa shape index (κ3) is 5.32. The molecule has 1 heterocycles. The highest BCUT2D eigenvalue weighted by Gasteiger charge is 2.18. The van der Waals surface area contributed by atoms with Gasteiger partial charge in [-0.25, -0.2) is 9.78 Å². The SMILES string of the molecule is CCN(CC)C(CNC(=O)NCc1cnc(C)s1)c1ccccc1. The summed E-state index contributed by atoms with van der Waals surface area (Å²) in [5, 5.41) is 6.91. The van der Waals surface area contributed by atoms with Gasteiger partial charge in [0.1, 0.15) is 0 Å². The average Bonchev–Trinajstić information content (AvgIpc) is 3.03. The quantitative estimate of drug-likeness (QED) is 0.771. The van der Waals surface area contributed by atoms with Crippen molar-refractivity contribution in [3.05, 3.63) is 52.0 Å². The molecule has 1 aromatic carbocycles. The topological polar surface area (TPSA) is 57.3 Å². The maximum Gasteiger partial charge on any atom is 0.315 e. The summed E-state index contributed by atoms with van der Waals surface area (Å²) in [5.41, 5.74) is 1.22. The molecule has 0 radical (unpaired) electrons. The number of carbonyl (C=O) groups is 1. The number of hydrogen-bond donors (Lipinski definition) is 2. The van der Waals surface area contributed by atoms with Crippen LogP contribution in [0.3, 0.4) is 0 Å². The predicted molar refractivity (Wildman–Crippen MR) is 99.2 cm³/mol. The van der Waals surface area contributed by atoms with Crippen LogP contribution >= 0.6 is 11.3 Å². The zero-order valence-corrected chi connectivity index (χ0v) is 15.4. The minimum atomic E-state index is -0.144. The van der Waals surface area contributed by atoms with Gasteiger partial charge in [-0.3, -0.25) is 4.90 Å². The van der Waals surface area contributed by atoms with E-state index in [1.54, 1.807) is 11.3 Å². The van der Waals surface area contributed by atoms with Crippen LogP contribution in [0.1, 0.15) is 35.3 Å². The lowest BCUT2D eigenvalue weighted by Gasteiger charge is -2.30. The van der Waals surface area contributed by atoms with Crippen molar-refractivity contribution in [3.63, 3.8) is 0 Å². The number of nitrogens with zero attached hydrogens (tertiary/aromatic N) is 2. The molecule has 0 aliphatic carbocycles. The Kier molecular flexibility index (Phi) is 7.21. The Labute approximate surface area is 148 Å². The molecule has 0 saturated heterocycles. The molecule has 2 rings (SSSR count). The monoisotopic (exact) mass is 346 g/mol. The molecule has 0 spiro atoms. The van der Waals surface area contributed by atoms with Crippen LogP contribution in [0.15, 0.2) is 36.5 Å². The summed E-state index contributed by atoms with van der Waals surface area (Å²) in [6.45, 7) is 9.23. The molecule has 1 unspecified atom stereocenters. The molecule has 1 atom stereocenters. The summed E-state index contributed by atoms with van der Waals surface area (Å²) in [5.74, 6) is 0. The smallest absolute Gasteiger partial charge is 0.315 e. The number of nitrogens with one attached hydrogen (secondary N) is 2. The molecule has 2 amide bonds. The van der Waals surface area contributed by atoms with E-state index in [9.17, 15) is 4.79 Å². The largest absolute Gasteiger partial charge is 0.336 e. The van der Waals surface area contributed by atoms with Crippen molar-refractivity contribution < 1.29 is 4.79 Å². The lowest BCUT2D eigenvalue weighted by atomic mass is 10.1. The van der Waals surface area contributed by atoms with Crippen LogP contribution in [0.4, 0.5) is 4.79 Å². The molecular weight excluding hydrogens is 320 g/mol. The number of aromatic nitrogens is 1. The number of likely N-dealkylation sites (N-methyl/N-ethyl adjacent to an activating group) is 1. The third-order valence-corrected chi connectivity index (χ3v) is 4.90. The zero-order chi connectivity index (χ0) is 17.4. The van der Waals surface area contributed by atoms with Gasteiger partial charge >= 0.3 is 6.03 Å². The second kappa shape index (κ2) is 9.39. The number of rotatable bonds is 8. The number of hydrogen-bond acceptors (Lipinski definition) is 4. The molecular formula is C18H26N4OS. The van der Waals surface area contributed by atoms with Crippen LogP contribution in [-0.4, -0.2) is 35.5 Å². The molecule has 24 heavy (non-hydrogen) atoms. The van der Waals surface area contributed by atoms with Gasteiger partial charge in [0.15, 0.2) is 0 Å². The van der Waals surface area contributed by atoms with Crippen LogP contribution in [0.25, 0.3) is 0 Å². The van der Waals surface area contributed by atoms with Gasteiger partial charge in [-0.1, -0.05) is 44.2 Å². The molecule has 0 aliphatic rings. The van der Waals surface area contributed by atoms with E-state index in [0.717, 1.165) is 23.0 Å². The normalized spacial score (nSPS) is 12.2. The van der Waals surface area contributed by atoms with E-state index in [4.69, 9.17) is 0 Å². The highest BCUT2D eigenvalue weighted by Crippen LogP contribution is 2.19. The molecule has 130 valence electrons. The van der Waals surface area contributed by atoms with Crippen LogP contribution < -0.4 is 10.6 Å². The Balaban J connectivity index is 1.90. The zero-order valence-electron chi connectivity index (χ0n) is 14.6. The first-order valence-corrected chi connectivity index (χ1v) is 9.17. The van der Waals surface area contributed by atoms with Crippen molar-refractivity contribution >= 4 is 17.4 Å². The van der Waals surface area contributed by atoms with Gasteiger partial charge in [-0.15, -0.1) is 11.3 Å². The van der Waals surface area contributed by atoms with Crippen LogP contribution in [0.2, 0.25) is 0 Å². The van der Waals surface area contributed by atoms with E-state index < -0.39 is 0 Å². The summed E-state index contributed by atoms with van der Waals surface area (Å²) < 4.78 is 0. The number of carbonyl (C=O) groups excluding carboxylic acids is 1. The molecule has 0 saturated carbocycles. The number of benzene rings is 1. The molecule has 5 nitrogen and oxygen atoms in total. The second-order valence-corrected chi connectivity index (χ2v) is 6.88. The molecule has 0 fully saturated rings. The van der Waals surface area contributed by atoms with Gasteiger partial charge < -0.3 is 10.6 Å². The van der Waals surface area contributed by atoms with Gasteiger partial charge in [-0.2, -0.15) is 0 Å². The Morgan fingerprint density at radius 1 is 1.21 bits per heavy atom. The first-order valence-electron chi connectivity index (χ1n) is 8.36. The van der Waals surface area contributed by atoms with Crippen molar-refractivity contribution in [1.82, 2.24) is 20.5 Å². The second-order valence-electron chi connectivity index (χ2n) is 5.56. The number of aryl methyl sites for hydroxylation is 1. The number of thiazole rings is 1. The minimum Gasteiger partial charge on any atom is -0.336 e. The summed E-state index contributed by atoms with van der Waals surface area (Å²) in [7, 11) is 0. The predicted octanol–water partition coefficient (Wildman–Crippen LogP) is 3.33. The lowest BCUT2D eigenvalue weighted by Crippen LogP contribution is -2.42. The minimum absolute atomic E-state index is 0.144. The number of amides is 2. The fourth-order valence-electron chi connectivity index (χ4n) is 2.70. The van der Waals surface area contributed by atoms with Gasteiger partial charge in [0.25, 0.3) is 0 Å². The Hall–Kier alpha value is -1.92. The molecule has 0 aliphatic heterocycles. The highest BCUT2D eigenvalue weighted by atomic mass is 32.1. The summed E-state index contributed by atoms with van der Waals surface area (Å²) in [6, 6.07) is 10.4. The molecule has 6 heteroatoms. The molecule has 0 bridgehead atoms. The molecule has 1 aromatic heterocycles. The van der Waals surface area contributed by atoms with E-state index in [-0.39, 0.29) is 12.1 Å². The van der Waals surface area contributed by atoms with E-state index in [1.165, 1.54) is 5.56 Å². The molecule has 2 N–H and O–H groups in total. The fourth-order valence-corrected chi connectivity index (χ4v) is 3.44. The van der Waals surface area contributed by atoms with Crippen LogP contribution in [-0.2, 0) is 6.54 Å². The standard InChI is InChI=1S/C18H26N4OS/c1-4-22(5-2)17(15-9-7-6-8-10-15)13-21-18(23)20-12-16-11-19-14(3)24-16/h6-11,17H,4-5,12-13H2,1-3H3,(H2,20,21,23). The maximum atomic E-state index is 12.1. The fraction of sp³-hybridized carbons (Fsp3) is 0.444. The summed E-state index contributed by atoms with van der Waals surface area (Å²) in [6.07, 6.45) is 1.81. The first-order chi connectivity index (χ1) is 11.6. The van der Waals surface area contributed by atoms with Crippen molar-refractivity contribution in [2.24, 2.45) is 0 Å². The summed E-state index contributed by atoms with van der Waals surface area (Å²) in [4.78, 5) is 19.7. The van der Waals surface area contributed by atoms with E-state index in [0.29, 0.717) is 13.1 Å². The number of urea groups is 1. The summed E-state index contributed by atoms with van der Waals surface area (Å²) >= 11 is 1.60. The van der Waals surface area contributed by atoms with E-state index in [1.807, 2.05) is 31.3 Å². The van der Waals surface area contributed by atoms with Gasteiger partial charge in [0.05, 0.1) is 17.6 Å². The Bertz CT molecular complexity index is 625. The van der Waals surface area contributed by atoms with Crippen molar-refractivity contribution in [2.45, 2.75) is 33.4 Å². The molecule has 2 aromatic rings. The van der Waals surface area contributed by atoms with Gasteiger partial charge in [-0.05, 0) is 25.6 Å². The maximum absolute atomic E-state index is 12.1. The van der Waals surface area contributed by atoms with Crippen molar-refractivity contribution in [1.29, 1.82) is 0 Å².